The lowest BCUT2D eigenvalue weighted by Gasteiger charge is -2.12. The lowest BCUT2D eigenvalue weighted by molar-refractivity contribution is -0.119. The van der Waals surface area contributed by atoms with Gasteiger partial charge in [0.15, 0.2) is 6.61 Å². The smallest absolute Gasteiger partial charge is 0.255 e. The third-order valence-electron chi connectivity index (χ3n) is 2.38. The normalized spacial score (nSPS) is 12.1. The molecule has 1 atom stereocenters. The summed E-state index contributed by atoms with van der Waals surface area (Å²) in [4.78, 5) is 10.6. The third kappa shape index (κ3) is 5.65. The van der Waals surface area contributed by atoms with E-state index in [0.717, 1.165) is 12.1 Å². The summed E-state index contributed by atoms with van der Waals surface area (Å²) in [6, 6.07) is 7.84. The van der Waals surface area contributed by atoms with E-state index < -0.39 is 5.91 Å². The largest absolute Gasteiger partial charge is 0.484 e. The first-order chi connectivity index (χ1) is 8.61. The molecule has 5 heteroatoms. The van der Waals surface area contributed by atoms with Crippen LogP contribution in [0.2, 0.25) is 0 Å². The van der Waals surface area contributed by atoms with Crippen LogP contribution in [-0.2, 0) is 16.1 Å². The zero-order chi connectivity index (χ0) is 13.4. The maximum Gasteiger partial charge on any atom is 0.255 e. The second kappa shape index (κ2) is 7.68. The Morgan fingerprint density at radius 2 is 2.06 bits per heavy atom. The predicted molar refractivity (Wildman–Crippen MR) is 69.3 cm³/mol. The molecule has 0 aliphatic heterocycles. The summed E-state index contributed by atoms with van der Waals surface area (Å²) in [5.41, 5.74) is 6.14. The van der Waals surface area contributed by atoms with Crippen molar-refractivity contribution in [2.45, 2.75) is 19.5 Å². The predicted octanol–water partition coefficient (Wildman–Crippen LogP) is 0.675. The van der Waals surface area contributed by atoms with Crippen molar-refractivity contribution in [2.75, 3.05) is 20.3 Å². The van der Waals surface area contributed by atoms with Gasteiger partial charge in [0, 0.05) is 19.7 Å². The molecule has 100 valence electrons. The molecule has 0 aliphatic carbocycles. The van der Waals surface area contributed by atoms with Gasteiger partial charge in [0.2, 0.25) is 0 Å². The topological polar surface area (TPSA) is 73.6 Å². The molecule has 0 bridgehead atoms. The van der Waals surface area contributed by atoms with Gasteiger partial charge in [-0.3, -0.25) is 4.79 Å². The van der Waals surface area contributed by atoms with Gasteiger partial charge in [-0.1, -0.05) is 12.1 Å². The van der Waals surface area contributed by atoms with Crippen molar-refractivity contribution in [1.82, 2.24) is 5.32 Å². The first kappa shape index (κ1) is 14.5. The van der Waals surface area contributed by atoms with Crippen molar-refractivity contribution in [2.24, 2.45) is 5.73 Å². The fourth-order valence-corrected chi connectivity index (χ4v) is 1.46. The number of carbonyl (C=O) groups excluding carboxylic acids is 1. The summed E-state index contributed by atoms with van der Waals surface area (Å²) >= 11 is 0. The monoisotopic (exact) mass is 252 g/mol. The fraction of sp³-hybridized carbons (Fsp3) is 0.462. The Morgan fingerprint density at radius 3 is 2.61 bits per heavy atom. The Bertz CT molecular complexity index is 365. The van der Waals surface area contributed by atoms with Crippen LogP contribution in [-0.4, -0.2) is 32.3 Å². The second-order valence-electron chi connectivity index (χ2n) is 4.14. The molecule has 1 amide bonds. The van der Waals surface area contributed by atoms with Gasteiger partial charge in [-0.2, -0.15) is 0 Å². The van der Waals surface area contributed by atoms with Gasteiger partial charge in [0.05, 0.1) is 6.61 Å². The minimum atomic E-state index is -0.478. The number of nitrogens with one attached hydrogen (secondary N) is 1. The van der Waals surface area contributed by atoms with Gasteiger partial charge in [-0.25, -0.2) is 0 Å². The molecule has 0 heterocycles. The molecule has 0 radical (unpaired) electrons. The molecule has 0 saturated heterocycles. The molecule has 5 nitrogen and oxygen atoms in total. The second-order valence-corrected chi connectivity index (χ2v) is 4.14. The number of carbonyl (C=O) groups is 1. The average molecular weight is 252 g/mol. The van der Waals surface area contributed by atoms with Crippen molar-refractivity contribution >= 4 is 5.91 Å². The maximum absolute atomic E-state index is 10.6. The molecule has 0 fully saturated rings. The molecular formula is C13H20N2O3. The van der Waals surface area contributed by atoms with E-state index in [-0.39, 0.29) is 6.61 Å². The Hall–Kier alpha value is -1.59. The number of nitrogens with two attached hydrogens (primary N) is 1. The summed E-state index contributed by atoms with van der Waals surface area (Å²) in [6.07, 6.45) is 0. The van der Waals surface area contributed by atoms with E-state index in [4.69, 9.17) is 15.2 Å². The highest BCUT2D eigenvalue weighted by atomic mass is 16.5. The number of methoxy groups -OCH3 is 1. The standard InChI is InChI=1S/C13H20N2O3/c1-10(8-17-2)15-7-11-3-5-12(6-4-11)18-9-13(14)16/h3-6,10,15H,7-9H2,1-2H3,(H2,14,16)/t10-/m1/s1. The molecule has 18 heavy (non-hydrogen) atoms. The van der Waals surface area contributed by atoms with Crippen LogP contribution in [0.1, 0.15) is 12.5 Å². The zero-order valence-corrected chi connectivity index (χ0v) is 10.8. The van der Waals surface area contributed by atoms with Crippen LogP contribution < -0.4 is 15.8 Å². The van der Waals surface area contributed by atoms with Crippen molar-refractivity contribution in [3.8, 4) is 5.75 Å². The number of hydrogen-bond donors (Lipinski definition) is 2. The molecule has 1 aromatic carbocycles. The minimum Gasteiger partial charge on any atom is -0.484 e. The first-order valence-corrected chi connectivity index (χ1v) is 5.84. The van der Waals surface area contributed by atoms with Crippen molar-refractivity contribution in [3.05, 3.63) is 29.8 Å². The minimum absolute atomic E-state index is 0.0948. The van der Waals surface area contributed by atoms with E-state index in [1.165, 1.54) is 0 Å². The lowest BCUT2D eigenvalue weighted by Crippen LogP contribution is -2.29. The third-order valence-corrected chi connectivity index (χ3v) is 2.38. The van der Waals surface area contributed by atoms with Crippen LogP contribution in [0.3, 0.4) is 0 Å². The Labute approximate surface area is 107 Å². The molecule has 1 aromatic rings. The van der Waals surface area contributed by atoms with Gasteiger partial charge in [0.1, 0.15) is 5.75 Å². The number of rotatable bonds is 8. The van der Waals surface area contributed by atoms with Crippen LogP contribution in [0.4, 0.5) is 0 Å². The van der Waals surface area contributed by atoms with E-state index in [1.54, 1.807) is 7.11 Å². The van der Waals surface area contributed by atoms with Gasteiger partial charge in [-0.15, -0.1) is 0 Å². The van der Waals surface area contributed by atoms with Gasteiger partial charge >= 0.3 is 0 Å². The number of amides is 1. The van der Waals surface area contributed by atoms with Gasteiger partial charge in [-0.05, 0) is 24.6 Å². The number of hydrogen-bond acceptors (Lipinski definition) is 4. The molecular weight excluding hydrogens is 232 g/mol. The molecule has 3 N–H and O–H groups in total. The van der Waals surface area contributed by atoms with Crippen LogP contribution in [0.25, 0.3) is 0 Å². The fourth-order valence-electron chi connectivity index (χ4n) is 1.46. The molecule has 0 spiro atoms. The first-order valence-electron chi connectivity index (χ1n) is 5.84. The van der Waals surface area contributed by atoms with E-state index in [9.17, 15) is 4.79 Å². The summed E-state index contributed by atoms with van der Waals surface area (Å²) in [5.74, 6) is 0.164. The highest BCUT2D eigenvalue weighted by Crippen LogP contribution is 2.11. The highest BCUT2D eigenvalue weighted by Gasteiger charge is 2.01. The van der Waals surface area contributed by atoms with Crippen molar-refractivity contribution < 1.29 is 14.3 Å². The highest BCUT2D eigenvalue weighted by molar-refractivity contribution is 5.75. The van der Waals surface area contributed by atoms with Gasteiger partial charge in [0.25, 0.3) is 5.91 Å². The van der Waals surface area contributed by atoms with E-state index in [0.29, 0.717) is 18.4 Å². The Morgan fingerprint density at radius 1 is 1.39 bits per heavy atom. The molecule has 0 saturated carbocycles. The van der Waals surface area contributed by atoms with Gasteiger partial charge < -0.3 is 20.5 Å². The lowest BCUT2D eigenvalue weighted by atomic mass is 10.2. The summed E-state index contributed by atoms with van der Waals surface area (Å²) in [6.45, 7) is 3.41. The van der Waals surface area contributed by atoms with E-state index >= 15 is 0 Å². The Kier molecular flexibility index (Phi) is 6.18. The molecule has 0 unspecified atom stereocenters. The van der Waals surface area contributed by atoms with E-state index in [2.05, 4.69) is 12.2 Å². The molecule has 1 rings (SSSR count). The van der Waals surface area contributed by atoms with Crippen LogP contribution in [0, 0.1) is 0 Å². The number of ether oxygens (including phenoxy) is 2. The number of primary amides is 1. The van der Waals surface area contributed by atoms with Crippen LogP contribution >= 0.6 is 0 Å². The molecule has 0 aliphatic rings. The average Bonchev–Trinajstić information content (AvgIpc) is 2.35. The van der Waals surface area contributed by atoms with E-state index in [1.807, 2.05) is 24.3 Å². The van der Waals surface area contributed by atoms with Crippen molar-refractivity contribution in [3.63, 3.8) is 0 Å². The van der Waals surface area contributed by atoms with Crippen LogP contribution in [0.15, 0.2) is 24.3 Å². The summed E-state index contributed by atoms with van der Waals surface area (Å²) in [7, 11) is 1.68. The summed E-state index contributed by atoms with van der Waals surface area (Å²) < 4.78 is 10.2. The zero-order valence-electron chi connectivity index (χ0n) is 10.8. The van der Waals surface area contributed by atoms with Crippen LogP contribution in [0.5, 0.6) is 5.75 Å². The SMILES string of the molecule is COC[C@@H](C)NCc1ccc(OCC(N)=O)cc1. The maximum atomic E-state index is 10.6. The number of benzene rings is 1. The Balaban J connectivity index is 2.38. The van der Waals surface area contributed by atoms with Crippen molar-refractivity contribution in [1.29, 1.82) is 0 Å². The molecule has 0 aromatic heterocycles. The summed E-state index contributed by atoms with van der Waals surface area (Å²) in [5, 5.41) is 3.33. The quantitative estimate of drug-likeness (QED) is 0.713.